The van der Waals surface area contributed by atoms with Crippen LogP contribution in [0.2, 0.25) is 0 Å². The minimum absolute atomic E-state index is 0.0664. The van der Waals surface area contributed by atoms with E-state index in [1.807, 2.05) is 0 Å². The van der Waals surface area contributed by atoms with Crippen LogP contribution in [-0.2, 0) is 4.74 Å². The van der Waals surface area contributed by atoms with E-state index in [1.165, 1.54) is 44.9 Å². The quantitative estimate of drug-likeness (QED) is 0.546. The van der Waals surface area contributed by atoms with E-state index < -0.39 is 11.2 Å². The molecule has 5 aliphatic rings. The molecule has 0 aromatic carbocycles. The topological polar surface area (TPSA) is 59.2 Å². The summed E-state index contributed by atoms with van der Waals surface area (Å²) in [6.45, 7) is 8.92. The van der Waals surface area contributed by atoms with Crippen molar-refractivity contribution in [1.82, 2.24) is 0 Å². The van der Waals surface area contributed by atoms with Crippen LogP contribution in [0.5, 0.6) is 0 Å². The number of fused-ring (bicyclic) bond motifs is 2. The molecule has 1 N–H and O–H groups in total. The number of rotatable bonds is 0. The normalized spacial score (nSPS) is 37.4. The van der Waals surface area contributed by atoms with Crippen LogP contribution >= 0.6 is 0 Å². The van der Waals surface area contributed by atoms with Gasteiger partial charge in [0.2, 0.25) is 5.70 Å². The van der Waals surface area contributed by atoms with Gasteiger partial charge in [0.25, 0.3) is 0 Å². The number of hydrogen-bond donors (Lipinski definition) is 1. The SMILES string of the molecule is CC1(C)CC23CC(C)(C)C1[N+](=N)C(=C2[O-])C1(CCCCCCCCCCC1)O3. The maximum Gasteiger partial charge on any atom is 0.230 e. The first-order valence-corrected chi connectivity index (χ1v) is 11.8. The number of ether oxygens (including phenoxy) is 1. The van der Waals surface area contributed by atoms with Gasteiger partial charge in [0.15, 0.2) is 11.6 Å². The third kappa shape index (κ3) is 3.05. The summed E-state index contributed by atoms with van der Waals surface area (Å²) in [5, 5.41) is 13.8. The number of hydrogen-bond acceptors (Lipinski definition) is 3. The lowest BCUT2D eigenvalue weighted by Crippen LogP contribution is -2.62. The second-order valence-electron chi connectivity index (χ2n) is 11.6. The maximum absolute atomic E-state index is 13.8. The van der Waals surface area contributed by atoms with Crippen LogP contribution in [0.3, 0.4) is 0 Å². The van der Waals surface area contributed by atoms with E-state index >= 15 is 0 Å². The first-order chi connectivity index (χ1) is 13.1. The smallest absolute Gasteiger partial charge is 0.230 e. The van der Waals surface area contributed by atoms with Gasteiger partial charge in [-0.05, 0) is 44.3 Å². The van der Waals surface area contributed by atoms with Crippen molar-refractivity contribution in [3.63, 3.8) is 0 Å². The molecule has 0 radical (unpaired) electrons. The fraction of sp³-hybridized carbons (Fsp3) is 0.917. The van der Waals surface area contributed by atoms with Gasteiger partial charge in [0.05, 0.1) is 5.60 Å². The highest BCUT2D eigenvalue weighted by Gasteiger charge is 2.71. The van der Waals surface area contributed by atoms with Crippen molar-refractivity contribution >= 4 is 0 Å². The molecule has 2 saturated carbocycles. The third-order valence-electron chi connectivity index (χ3n) is 8.07. The highest BCUT2D eigenvalue weighted by atomic mass is 16.5. The Morgan fingerprint density at radius 1 is 0.786 bits per heavy atom. The molecule has 2 spiro atoms. The van der Waals surface area contributed by atoms with Gasteiger partial charge in [-0.2, -0.15) is 0 Å². The van der Waals surface area contributed by atoms with E-state index in [-0.39, 0.29) is 22.6 Å². The van der Waals surface area contributed by atoms with Crippen molar-refractivity contribution in [3.8, 4) is 0 Å². The lowest BCUT2D eigenvalue weighted by molar-refractivity contribution is -0.651. The van der Waals surface area contributed by atoms with Crippen LogP contribution in [0.25, 0.3) is 0 Å². The predicted octanol–water partition coefficient (Wildman–Crippen LogP) is 5.64. The van der Waals surface area contributed by atoms with Gasteiger partial charge in [-0.1, -0.05) is 82.9 Å². The van der Waals surface area contributed by atoms with Crippen molar-refractivity contribution in [2.75, 3.05) is 0 Å². The summed E-state index contributed by atoms with van der Waals surface area (Å²) < 4.78 is 8.64. The molecule has 4 heteroatoms. The summed E-state index contributed by atoms with van der Waals surface area (Å²) in [5.74, 6) is 0.149. The zero-order valence-electron chi connectivity index (χ0n) is 18.5. The first-order valence-electron chi connectivity index (χ1n) is 11.8. The van der Waals surface area contributed by atoms with E-state index in [9.17, 15) is 10.6 Å². The minimum Gasteiger partial charge on any atom is -0.869 e. The molecule has 0 atom stereocenters. The van der Waals surface area contributed by atoms with Crippen LogP contribution < -0.4 is 5.11 Å². The van der Waals surface area contributed by atoms with E-state index in [0.717, 1.165) is 38.5 Å². The van der Waals surface area contributed by atoms with E-state index in [2.05, 4.69) is 27.7 Å². The zero-order chi connectivity index (χ0) is 20.2. The summed E-state index contributed by atoms with van der Waals surface area (Å²) in [4.78, 5) is 0. The van der Waals surface area contributed by atoms with Crippen LogP contribution in [-0.4, -0.2) is 21.9 Å². The fourth-order valence-electron chi connectivity index (χ4n) is 7.59. The molecular weight excluding hydrogens is 348 g/mol. The van der Waals surface area contributed by atoms with Crippen LogP contribution in [0, 0.1) is 16.4 Å². The Bertz CT molecular complexity index is 646. The molecular formula is C24H40N2O2. The standard InChI is InChI=1S/C24H40N2O2/c1-21(2)16-24-17-22(3,4)20(21)26(25)18(19(24)27)23(28-24)14-12-10-8-6-5-7-9-11-13-15-23/h20H,5-17H2,1-4H3,(H-,25,27). The summed E-state index contributed by atoms with van der Waals surface area (Å²) >= 11 is 0. The Labute approximate surface area is 171 Å². The van der Waals surface area contributed by atoms with Gasteiger partial charge in [0.1, 0.15) is 0 Å². The van der Waals surface area contributed by atoms with Crippen LogP contribution in [0.4, 0.5) is 0 Å². The van der Waals surface area contributed by atoms with Crippen molar-refractivity contribution in [2.45, 2.75) is 128 Å². The second-order valence-corrected chi connectivity index (χ2v) is 11.6. The molecule has 2 fully saturated rings. The average molecular weight is 389 g/mol. The average Bonchev–Trinajstić information content (AvgIpc) is 2.69. The number of nitrogens with one attached hydrogen (secondary N) is 1. The van der Waals surface area contributed by atoms with Gasteiger partial charge in [-0.25, -0.2) is 0 Å². The highest BCUT2D eigenvalue weighted by molar-refractivity contribution is 5.33. The maximum atomic E-state index is 13.8. The largest absolute Gasteiger partial charge is 0.869 e. The molecule has 0 amide bonds. The summed E-state index contributed by atoms with van der Waals surface area (Å²) in [6.07, 6.45) is 14.6. The molecule has 28 heavy (non-hydrogen) atoms. The fourth-order valence-corrected chi connectivity index (χ4v) is 7.59. The van der Waals surface area contributed by atoms with Gasteiger partial charge < -0.3 is 9.84 Å². The summed E-state index contributed by atoms with van der Waals surface area (Å²) in [6, 6.07) is 0.0664. The predicted molar refractivity (Wildman–Crippen MR) is 108 cm³/mol. The Morgan fingerprint density at radius 2 is 1.21 bits per heavy atom. The molecule has 4 nitrogen and oxygen atoms in total. The summed E-state index contributed by atoms with van der Waals surface area (Å²) in [5.41, 5.74) is 8.47. The lowest BCUT2D eigenvalue weighted by atomic mass is 9.56. The Balaban J connectivity index is 1.72. The highest BCUT2D eigenvalue weighted by Crippen LogP contribution is 2.64. The number of nitrogens with zero attached hydrogens (tertiary/aromatic N) is 1. The summed E-state index contributed by atoms with van der Waals surface area (Å²) in [7, 11) is 0. The van der Waals surface area contributed by atoms with Gasteiger partial charge >= 0.3 is 0 Å². The molecule has 3 bridgehead atoms. The minimum atomic E-state index is -0.703. The van der Waals surface area contributed by atoms with Crippen molar-refractivity contribution < 1.29 is 14.5 Å². The molecule has 158 valence electrons. The van der Waals surface area contributed by atoms with E-state index in [4.69, 9.17) is 4.74 Å². The molecule has 0 saturated heterocycles. The van der Waals surface area contributed by atoms with Gasteiger partial charge in [0, 0.05) is 10.8 Å². The molecule has 3 aliphatic heterocycles. The third-order valence-corrected chi connectivity index (χ3v) is 8.07. The lowest BCUT2D eigenvalue weighted by Gasteiger charge is -2.54. The Morgan fingerprint density at radius 3 is 1.68 bits per heavy atom. The molecule has 0 aromatic rings. The second kappa shape index (κ2) is 6.82. The van der Waals surface area contributed by atoms with Crippen LogP contribution in [0.1, 0.15) is 111 Å². The van der Waals surface area contributed by atoms with E-state index in [1.54, 1.807) is 4.70 Å². The van der Waals surface area contributed by atoms with E-state index in [0.29, 0.717) is 5.70 Å². The van der Waals surface area contributed by atoms with Gasteiger partial charge in [-0.15, -0.1) is 0 Å². The Hall–Kier alpha value is -0.900. The zero-order valence-corrected chi connectivity index (χ0v) is 18.5. The molecule has 5 rings (SSSR count). The van der Waals surface area contributed by atoms with Crippen LogP contribution in [0.15, 0.2) is 11.5 Å². The van der Waals surface area contributed by atoms with Gasteiger partial charge in [-0.3, -0.25) is 0 Å². The molecule has 0 aromatic heterocycles. The first kappa shape index (κ1) is 20.4. The molecule has 3 heterocycles. The van der Waals surface area contributed by atoms with Crippen molar-refractivity contribution in [1.29, 1.82) is 5.53 Å². The monoisotopic (exact) mass is 388 g/mol. The Kier molecular flexibility index (Phi) is 4.96. The molecule has 0 unspecified atom stereocenters. The van der Waals surface area contributed by atoms with Crippen molar-refractivity contribution in [2.24, 2.45) is 10.8 Å². The molecule has 2 aliphatic carbocycles. The van der Waals surface area contributed by atoms with Crippen molar-refractivity contribution in [3.05, 3.63) is 11.5 Å².